The van der Waals surface area contributed by atoms with E-state index in [0.29, 0.717) is 12.5 Å². The lowest BCUT2D eigenvalue weighted by molar-refractivity contribution is -0.124. The minimum Gasteiger partial charge on any atom is -0.348 e. The Morgan fingerprint density at radius 2 is 2.00 bits per heavy atom. The van der Waals surface area contributed by atoms with Crippen molar-refractivity contribution in [3.63, 3.8) is 0 Å². The lowest BCUT2D eigenvalue weighted by Crippen LogP contribution is -2.48. The van der Waals surface area contributed by atoms with Crippen LogP contribution in [0.2, 0.25) is 0 Å². The number of amides is 1. The highest BCUT2D eigenvalue weighted by Crippen LogP contribution is 2.19. The van der Waals surface area contributed by atoms with Crippen LogP contribution in [0.4, 0.5) is 0 Å². The van der Waals surface area contributed by atoms with Crippen LogP contribution in [0.1, 0.15) is 50.6 Å². The van der Waals surface area contributed by atoms with E-state index in [1.54, 1.807) is 0 Å². The van der Waals surface area contributed by atoms with Crippen LogP contribution in [-0.4, -0.2) is 22.1 Å². The Morgan fingerprint density at radius 1 is 1.39 bits per heavy atom. The molecule has 0 radical (unpaired) electrons. The maximum absolute atomic E-state index is 11.8. The molecule has 6 heteroatoms. The molecule has 0 aromatic carbocycles. The molecule has 102 valence electrons. The molecule has 0 saturated carbocycles. The van der Waals surface area contributed by atoms with E-state index in [1.807, 2.05) is 20.8 Å². The van der Waals surface area contributed by atoms with Crippen molar-refractivity contribution >= 4 is 17.2 Å². The Bertz CT molecular complexity index is 408. The number of hydrogen-bond acceptors (Lipinski definition) is 5. The zero-order chi connectivity index (χ0) is 13.9. The molecule has 1 heterocycles. The van der Waals surface area contributed by atoms with Gasteiger partial charge >= 0.3 is 0 Å². The maximum atomic E-state index is 11.8. The first-order valence-corrected chi connectivity index (χ1v) is 6.89. The van der Waals surface area contributed by atoms with Gasteiger partial charge in [0.1, 0.15) is 10.0 Å². The van der Waals surface area contributed by atoms with Gasteiger partial charge < -0.3 is 11.1 Å². The van der Waals surface area contributed by atoms with Crippen molar-refractivity contribution in [2.24, 2.45) is 11.1 Å². The van der Waals surface area contributed by atoms with Gasteiger partial charge in [-0.1, -0.05) is 46.0 Å². The van der Waals surface area contributed by atoms with Crippen LogP contribution in [0.5, 0.6) is 0 Å². The first-order valence-electron chi connectivity index (χ1n) is 6.07. The monoisotopic (exact) mass is 270 g/mol. The summed E-state index contributed by atoms with van der Waals surface area (Å²) in [6, 6.07) is -0.519. The van der Waals surface area contributed by atoms with Crippen molar-refractivity contribution < 1.29 is 4.79 Å². The van der Waals surface area contributed by atoms with Gasteiger partial charge in [0.2, 0.25) is 5.91 Å². The first-order chi connectivity index (χ1) is 8.21. The van der Waals surface area contributed by atoms with Crippen molar-refractivity contribution in [3.8, 4) is 0 Å². The van der Waals surface area contributed by atoms with Gasteiger partial charge in [-0.15, -0.1) is 10.2 Å². The van der Waals surface area contributed by atoms with E-state index in [-0.39, 0.29) is 11.3 Å². The zero-order valence-corrected chi connectivity index (χ0v) is 12.5. The minimum atomic E-state index is -0.519. The number of hydrogen-bond donors (Lipinski definition) is 2. The summed E-state index contributed by atoms with van der Waals surface area (Å²) >= 11 is 1.52. The molecule has 0 saturated heterocycles. The molecule has 1 amide bonds. The van der Waals surface area contributed by atoms with Crippen molar-refractivity contribution in [2.75, 3.05) is 0 Å². The Balaban J connectivity index is 2.52. The number of rotatable bonds is 4. The Hall–Kier alpha value is -1.01. The third kappa shape index (κ3) is 4.03. The highest BCUT2D eigenvalue weighted by molar-refractivity contribution is 7.11. The molecule has 0 fully saturated rings. The summed E-state index contributed by atoms with van der Waals surface area (Å²) in [4.78, 5) is 11.8. The van der Waals surface area contributed by atoms with Crippen molar-refractivity contribution in [3.05, 3.63) is 10.0 Å². The molecular formula is C12H22N4OS. The Labute approximate surface area is 112 Å². The summed E-state index contributed by atoms with van der Waals surface area (Å²) in [6.07, 6.45) is 0. The molecule has 1 atom stereocenters. The summed E-state index contributed by atoms with van der Waals surface area (Å²) in [6.45, 7) is 10.4. The highest BCUT2D eigenvalue weighted by Gasteiger charge is 2.27. The van der Waals surface area contributed by atoms with Crippen LogP contribution < -0.4 is 11.1 Å². The lowest BCUT2D eigenvalue weighted by atomic mass is 9.87. The summed E-state index contributed by atoms with van der Waals surface area (Å²) in [5, 5.41) is 12.7. The van der Waals surface area contributed by atoms with E-state index in [1.165, 1.54) is 11.3 Å². The first kappa shape index (κ1) is 15.0. The van der Waals surface area contributed by atoms with E-state index in [9.17, 15) is 4.79 Å². The number of carbonyl (C=O) groups excluding carboxylic acids is 1. The second kappa shape index (κ2) is 5.75. The predicted octanol–water partition coefficient (Wildman–Crippen LogP) is 1.65. The van der Waals surface area contributed by atoms with Gasteiger partial charge in [-0.2, -0.15) is 0 Å². The van der Waals surface area contributed by atoms with Crippen molar-refractivity contribution in [2.45, 2.75) is 53.1 Å². The normalized spacial score (nSPS) is 13.7. The molecule has 0 unspecified atom stereocenters. The topological polar surface area (TPSA) is 80.9 Å². The standard InChI is InChI=1S/C12H22N4OS/c1-7(2)11-16-15-8(18-11)6-14-10(17)9(13)12(3,4)5/h7,9H,6,13H2,1-5H3,(H,14,17)/t9-/m1/s1. The average Bonchev–Trinajstić information content (AvgIpc) is 2.72. The van der Waals surface area contributed by atoms with Crippen LogP contribution in [0, 0.1) is 5.41 Å². The fourth-order valence-electron chi connectivity index (χ4n) is 1.24. The van der Waals surface area contributed by atoms with Crippen LogP contribution in [0.15, 0.2) is 0 Å². The van der Waals surface area contributed by atoms with Crippen LogP contribution in [0.3, 0.4) is 0 Å². The van der Waals surface area contributed by atoms with Gasteiger partial charge in [0.25, 0.3) is 0 Å². The summed E-state index contributed by atoms with van der Waals surface area (Å²) in [7, 11) is 0. The fourth-order valence-corrected chi connectivity index (χ4v) is 2.02. The molecule has 0 aliphatic heterocycles. The highest BCUT2D eigenvalue weighted by atomic mass is 32.1. The second-order valence-corrected chi connectivity index (χ2v) is 6.84. The maximum Gasteiger partial charge on any atom is 0.237 e. The van der Waals surface area contributed by atoms with Gasteiger partial charge in [0.05, 0.1) is 12.6 Å². The Morgan fingerprint density at radius 3 is 2.44 bits per heavy atom. The van der Waals surface area contributed by atoms with E-state index >= 15 is 0 Å². The summed E-state index contributed by atoms with van der Waals surface area (Å²) in [5.41, 5.74) is 5.63. The number of nitrogens with one attached hydrogen (secondary N) is 1. The average molecular weight is 270 g/mol. The number of carbonyl (C=O) groups is 1. The summed E-state index contributed by atoms with van der Waals surface area (Å²) in [5.74, 6) is 0.215. The molecule has 5 nitrogen and oxygen atoms in total. The third-order valence-electron chi connectivity index (χ3n) is 2.61. The third-order valence-corrected chi connectivity index (χ3v) is 3.83. The molecule has 1 aromatic rings. The van der Waals surface area contributed by atoms with Gasteiger partial charge in [0.15, 0.2) is 0 Å². The predicted molar refractivity (Wildman–Crippen MR) is 73.3 cm³/mol. The molecule has 0 aliphatic carbocycles. The van der Waals surface area contributed by atoms with E-state index in [0.717, 1.165) is 10.0 Å². The largest absolute Gasteiger partial charge is 0.348 e. The van der Waals surface area contributed by atoms with Gasteiger partial charge in [-0.05, 0) is 5.41 Å². The lowest BCUT2D eigenvalue weighted by Gasteiger charge is -2.25. The second-order valence-electron chi connectivity index (χ2n) is 5.75. The minimum absolute atomic E-state index is 0.149. The van der Waals surface area contributed by atoms with E-state index < -0.39 is 6.04 Å². The SMILES string of the molecule is CC(C)c1nnc(CNC(=O)[C@@H](N)C(C)(C)C)s1. The molecule has 1 rings (SSSR count). The molecule has 0 bridgehead atoms. The zero-order valence-electron chi connectivity index (χ0n) is 11.7. The van der Waals surface area contributed by atoms with Crippen LogP contribution >= 0.6 is 11.3 Å². The molecule has 3 N–H and O–H groups in total. The molecule has 0 aliphatic rings. The molecule has 1 aromatic heterocycles. The van der Waals surface area contributed by atoms with Crippen LogP contribution in [-0.2, 0) is 11.3 Å². The van der Waals surface area contributed by atoms with Crippen LogP contribution in [0.25, 0.3) is 0 Å². The molecule has 0 spiro atoms. The van der Waals surface area contributed by atoms with Gasteiger partial charge in [-0.25, -0.2) is 0 Å². The number of nitrogens with two attached hydrogens (primary N) is 1. The van der Waals surface area contributed by atoms with E-state index in [4.69, 9.17) is 5.73 Å². The smallest absolute Gasteiger partial charge is 0.237 e. The van der Waals surface area contributed by atoms with Gasteiger partial charge in [-0.3, -0.25) is 4.79 Å². The fraction of sp³-hybridized carbons (Fsp3) is 0.750. The molecular weight excluding hydrogens is 248 g/mol. The van der Waals surface area contributed by atoms with E-state index in [2.05, 4.69) is 29.4 Å². The molecule has 18 heavy (non-hydrogen) atoms. The number of aromatic nitrogens is 2. The van der Waals surface area contributed by atoms with Gasteiger partial charge in [0, 0.05) is 5.92 Å². The number of nitrogens with zero attached hydrogens (tertiary/aromatic N) is 2. The quantitative estimate of drug-likeness (QED) is 0.871. The summed E-state index contributed by atoms with van der Waals surface area (Å²) < 4.78 is 0. The van der Waals surface area contributed by atoms with Crippen molar-refractivity contribution in [1.29, 1.82) is 0 Å². The Kier molecular flexibility index (Phi) is 4.81. The van der Waals surface area contributed by atoms with Crippen molar-refractivity contribution in [1.82, 2.24) is 15.5 Å².